The summed E-state index contributed by atoms with van der Waals surface area (Å²) < 4.78 is 2.62. The molecule has 0 fully saturated rings. The van der Waals surface area contributed by atoms with Crippen molar-refractivity contribution < 1.29 is 0 Å². The lowest BCUT2D eigenvalue weighted by Gasteiger charge is -2.23. The smallest absolute Gasteiger partial charge is 0.304 e. The van der Waals surface area contributed by atoms with Gasteiger partial charge in [0.05, 0.1) is 0 Å². The quantitative estimate of drug-likeness (QED) is 0.912. The van der Waals surface area contributed by atoms with Gasteiger partial charge in [-0.25, -0.2) is 4.79 Å². The second kappa shape index (κ2) is 6.75. The first-order chi connectivity index (χ1) is 10.4. The van der Waals surface area contributed by atoms with E-state index in [4.69, 9.17) is 0 Å². The van der Waals surface area contributed by atoms with E-state index in [1.165, 1.54) is 23.2 Å². The van der Waals surface area contributed by atoms with Crippen molar-refractivity contribution in [1.29, 1.82) is 0 Å². The molecule has 1 aromatic heterocycles. The van der Waals surface area contributed by atoms with Gasteiger partial charge in [0.2, 0.25) is 0 Å². The van der Waals surface area contributed by atoms with E-state index in [9.17, 15) is 9.59 Å². The summed E-state index contributed by atoms with van der Waals surface area (Å²) in [6, 6.07) is 11.9. The van der Waals surface area contributed by atoms with Crippen molar-refractivity contribution in [2.24, 2.45) is 20.0 Å². The summed E-state index contributed by atoms with van der Waals surface area (Å²) in [4.78, 5) is 23.7. The Hall–Kier alpha value is -2.14. The van der Waals surface area contributed by atoms with Gasteiger partial charge in [-0.05, 0) is 11.5 Å². The summed E-state index contributed by atoms with van der Waals surface area (Å²) in [5.74, 6) is 0.394. The van der Waals surface area contributed by atoms with Gasteiger partial charge in [0, 0.05) is 38.4 Å². The summed E-state index contributed by atoms with van der Waals surface area (Å²) in [5.41, 5.74) is 1.31. The Morgan fingerprint density at radius 1 is 1.05 bits per heavy atom. The fourth-order valence-corrected chi connectivity index (χ4v) is 2.56. The number of nitrogens with zero attached hydrogens (tertiary/aromatic N) is 2. The van der Waals surface area contributed by atoms with Crippen LogP contribution in [0.25, 0.3) is 0 Å². The van der Waals surface area contributed by atoms with Crippen molar-refractivity contribution in [2.45, 2.75) is 26.4 Å². The minimum atomic E-state index is -0.301. The fourth-order valence-electron chi connectivity index (χ4n) is 2.56. The number of nitrogens with one attached hydrogen (secondary N) is 1. The highest BCUT2D eigenvalue weighted by Gasteiger charge is 2.16. The van der Waals surface area contributed by atoms with Gasteiger partial charge in [-0.2, -0.15) is 0 Å². The third-order valence-electron chi connectivity index (χ3n) is 3.95. The van der Waals surface area contributed by atoms with Crippen LogP contribution in [0.4, 0.5) is 0 Å². The molecule has 22 heavy (non-hydrogen) atoms. The molecule has 0 aliphatic carbocycles. The zero-order chi connectivity index (χ0) is 16.3. The highest BCUT2D eigenvalue weighted by Crippen LogP contribution is 2.21. The molecule has 1 aromatic carbocycles. The molecule has 0 spiro atoms. The monoisotopic (exact) mass is 301 g/mol. The fraction of sp³-hybridized carbons (Fsp3) is 0.412. The van der Waals surface area contributed by atoms with Crippen molar-refractivity contribution in [1.82, 2.24) is 14.5 Å². The van der Waals surface area contributed by atoms with E-state index in [-0.39, 0.29) is 17.3 Å². The molecule has 0 saturated heterocycles. The van der Waals surface area contributed by atoms with Gasteiger partial charge < -0.3 is 5.32 Å². The van der Waals surface area contributed by atoms with Crippen LogP contribution in [0.3, 0.4) is 0 Å². The molecule has 0 bridgehead atoms. The Balaban J connectivity index is 2.25. The van der Waals surface area contributed by atoms with Crippen molar-refractivity contribution in [3.8, 4) is 0 Å². The Bertz CT molecular complexity index is 745. The molecule has 2 aromatic rings. The molecular formula is C17H23N3O2. The Labute approximate surface area is 130 Å². The Morgan fingerprint density at radius 3 is 2.27 bits per heavy atom. The first kappa shape index (κ1) is 16.2. The van der Waals surface area contributed by atoms with E-state index in [0.29, 0.717) is 18.2 Å². The molecule has 2 rings (SSSR count). The zero-order valence-electron chi connectivity index (χ0n) is 13.5. The Morgan fingerprint density at radius 2 is 1.68 bits per heavy atom. The normalized spacial score (nSPS) is 12.6. The van der Waals surface area contributed by atoms with E-state index in [1.807, 2.05) is 18.2 Å². The van der Waals surface area contributed by atoms with E-state index >= 15 is 0 Å². The van der Waals surface area contributed by atoms with Crippen LogP contribution in [0.15, 0.2) is 46.0 Å². The van der Waals surface area contributed by atoms with E-state index in [2.05, 4.69) is 31.3 Å². The average Bonchev–Trinajstić information content (AvgIpc) is 2.51. The number of benzene rings is 1. The number of hydrogen-bond donors (Lipinski definition) is 1. The summed E-state index contributed by atoms with van der Waals surface area (Å²) in [6.45, 7) is 4.76. The second-order valence-corrected chi connectivity index (χ2v) is 5.89. The van der Waals surface area contributed by atoms with Gasteiger partial charge in [0.15, 0.2) is 0 Å². The average molecular weight is 301 g/mol. The molecule has 118 valence electrons. The standard InChI is InChI=1S/C17H23N3O2/c1-12(2)16(13-8-6-5-7-9-13)18-11-14-10-15(21)20(4)17(22)19(14)3/h5-10,12,16,18H,11H2,1-4H3/t16-/m1/s1. The van der Waals surface area contributed by atoms with Crippen LogP contribution in [-0.2, 0) is 20.6 Å². The molecule has 1 N–H and O–H groups in total. The maximum atomic E-state index is 12.0. The van der Waals surface area contributed by atoms with Gasteiger partial charge in [-0.1, -0.05) is 44.2 Å². The molecule has 1 heterocycles. The minimum absolute atomic E-state index is 0.167. The molecule has 0 unspecified atom stereocenters. The van der Waals surface area contributed by atoms with Crippen molar-refractivity contribution >= 4 is 0 Å². The lowest BCUT2D eigenvalue weighted by atomic mass is 9.96. The predicted molar refractivity (Wildman–Crippen MR) is 87.8 cm³/mol. The summed E-state index contributed by atoms with van der Waals surface area (Å²) in [6.07, 6.45) is 0. The topological polar surface area (TPSA) is 56.0 Å². The molecule has 0 saturated carbocycles. The maximum Gasteiger partial charge on any atom is 0.330 e. The molecule has 5 nitrogen and oxygen atoms in total. The van der Waals surface area contributed by atoms with Gasteiger partial charge in [0.1, 0.15) is 0 Å². The van der Waals surface area contributed by atoms with Gasteiger partial charge in [-0.3, -0.25) is 13.9 Å². The SMILES string of the molecule is CC(C)[C@@H](NCc1cc(=O)n(C)c(=O)n1C)c1ccccc1. The maximum absolute atomic E-state index is 12.0. The Kier molecular flexibility index (Phi) is 4.98. The molecule has 5 heteroatoms. The molecule has 1 atom stereocenters. The first-order valence-electron chi connectivity index (χ1n) is 7.46. The van der Waals surface area contributed by atoms with Crippen LogP contribution in [0.5, 0.6) is 0 Å². The number of hydrogen-bond acceptors (Lipinski definition) is 3. The van der Waals surface area contributed by atoms with Crippen LogP contribution in [0.2, 0.25) is 0 Å². The van der Waals surface area contributed by atoms with E-state index < -0.39 is 0 Å². The molecule has 0 amide bonds. The summed E-state index contributed by atoms with van der Waals surface area (Å²) >= 11 is 0. The van der Waals surface area contributed by atoms with E-state index in [0.717, 1.165) is 4.57 Å². The summed E-state index contributed by atoms with van der Waals surface area (Å²) in [5, 5.41) is 3.46. The van der Waals surface area contributed by atoms with Crippen LogP contribution >= 0.6 is 0 Å². The second-order valence-electron chi connectivity index (χ2n) is 5.89. The molecule has 0 aliphatic heterocycles. The van der Waals surface area contributed by atoms with E-state index in [1.54, 1.807) is 7.05 Å². The minimum Gasteiger partial charge on any atom is -0.304 e. The first-order valence-corrected chi connectivity index (χ1v) is 7.46. The van der Waals surface area contributed by atoms with Crippen molar-refractivity contribution in [3.63, 3.8) is 0 Å². The van der Waals surface area contributed by atoms with Gasteiger partial charge >= 0.3 is 5.69 Å². The predicted octanol–water partition coefficient (Wildman–Crippen LogP) is 1.57. The zero-order valence-corrected chi connectivity index (χ0v) is 13.5. The molecular weight excluding hydrogens is 278 g/mol. The summed E-state index contributed by atoms with van der Waals surface area (Å²) in [7, 11) is 3.18. The highest BCUT2D eigenvalue weighted by atomic mass is 16.2. The van der Waals surface area contributed by atoms with Gasteiger partial charge in [-0.15, -0.1) is 0 Å². The highest BCUT2D eigenvalue weighted by molar-refractivity contribution is 5.19. The third-order valence-corrected chi connectivity index (χ3v) is 3.95. The van der Waals surface area contributed by atoms with Crippen LogP contribution in [0.1, 0.15) is 31.1 Å². The van der Waals surface area contributed by atoms with Crippen LogP contribution in [-0.4, -0.2) is 9.13 Å². The molecule has 0 aliphatic rings. The molecule has 0 radical (unpaired) electrons. The lowest BCUT2D eigenvalue weighted by molar-refractivity contribution is 0.403. The van der Waals surface area contributed by atoms with Crippen molar-refractivity contribution in [2.75, 3.05) is 0 Å². The lowest BCUT2D eigenvalue weighted by Crippen LogP contribution is -2.39. The number of aromatic nitrogens is 2. The van der Waals surface area contributed by atoms with Crippen LogP contribution in [0, 0.1) is 5.92 Å². The largest absolute Gasteiger partial charge is 0.330 e. The van der Waals surface area contributed by atoms with Crippen LogP contribution < -0.4 is 16.6 Å². The number of rotatable bonds is 5. The third kappa shape index (κ3) is 3.36. The van der Waals surface area contributed by atoms with Gasteiger partial charge in [0.25, 0.3) is 5.56 Å². The van der Waals surface area contributed by atoms with Crippen molar-refractivity contribution in [3.05, 3.63) is 68.5 Å².